The number of hydrogen-bond donors (Lipinski definition) is 2. The molecule has 31 heavy (non-hydrogen) atoms. The third kappa shape index (κ3) is 6.20. The van der Waals surface area contributed by atoms with Gasteiger partial charge >= 0.3 is 5.69 Å². The number of amides is 3. The van der Waals surface area contributed by atoms with E-state index in [1.54, 1.807) is 11.9 Å². The molecule has 10 nitrogen and oxygen atoms in total. The minimum absolute atomic E-state index is 0.0660. The zero-order valence-corrected chi connectivity index (χ0v) is 18.2. The van der Waals surface area contributed by atoms with E-state index in [-0.39, 0.29) is 22.9 Å². The van der Waals surface area contributed by atoms with Crippen LogP contribution in [0.1, 0.15) is 44.6 Å². The van der Waals surface area contributed by atoms with Crippen molar-refractivity contribution in [3.8, 4) is 11.5 Å². The van der Waals surface area contributed by atoms with Gasteiger partial charge < -0.3 is 15.1 Å². The molecule has 1 aromatic carbocycles. The molecule has 1 aromatic rings. The molecular formula is C20H25N3O7S. The van der Waals surface area contributed by atoms with E-state index in [2.05, 4.69) is 0 Å². The third-order valence-electron chi connectivity index (χ3n) is 4.76. The molecule has 3 amide bonds. The maximum absolute atomic E-state index is 12.6. The number of rotatable bonds is 10. The van der Waals surface area contributed by atoms with Crippen molar-refractivity contribution in [2.24, 2.45) is 0 Å². The number of phenolic OH excluding ortho intramolecular Hbond substituents is 2. The minimum atomic E-state index is -0.867. The molecule has 2 N–H and O–H groups in total. The lowest BCUT2D eigenvalue weighted by molar-refractivity contribution is -0.386. The highest BCUT2D eigenvalue weighted by Gasteiger charge is 2.34. The Morgan fingerprint density at radius 1 is 1.26 bits per heavy atom. The Labute approximate surface area is 183 Å². The first-order valence-corrected chi connectivity index (χ1v) is 10.7. The van der Waals surface area contributed by atoms with Gasteiger partial charge in [0, 0.05) is 32.6 Å². The number of nitrogens with zero attached hydrogens (tertiary/aromatic N) is 3. The number of phenols is 2. The molecule has 1 aliphatic rings. The molecule has 0 unspecified atom stereocenters. The number of carbonyl (C=O) groups is 3. The Bertz CT molecular complexity index is 916. The maximum atomic E-state index is 12.6. The predicted molar refractivity (Wildman–Crippen MR) is 115 cm³/mol. The molecule has 0 spiro atoms. The Morgan fingerprint density at radius 2 is 1.97 bits per heavy atom. The topological polar surface area (TPSA) is 141 Å². The van der Waals surface area contributed by atoms with Crippen LogP contribution in [0.25, 0.3) is 6.08 Å². The highest BCUT2D eigenvalue weighted by molar-refractivity contribution is 8.18. The first-order chi connectivity index (χ1) is 14.6. The highest BCUT2D eigenvalue weighted by atomic mass is 32.2. The SMILES string of the molecule is CCCCC(=O)N(C)CCCCN1C(=O)S/C(=C\c2cc(O)c(O)c([N+](=O)[O-])c2)C1=O. The van der Waals surface area contributed by atoms with E-state index in [1.807, 2.05) is 6.92 Å². The fraction of sp³-hybridized carbons (Fsp3) is 0.450. The van der Waals surface area contributed by atoms with Gasteiger partial charge in [-0.25, -0.2) is 0 Å². The molecule has 2 rings (SSSR count). The van der Waals surface area contributed by atoms with E-state index >= 15 is 0 Å². The van der Waals surface area contributed by atoms with Crippen molar-refractivity contribution in [3.05, 3.63) is 32.7 Å². The Balaban J connectivity index is 1.97. The molecule has 1 fully saturated rings. The van der Waals surface area contributed by atoms with Gasteiger partial charge in [0.2, 0.25) is 11.7 Å². The number of imide groups is 1. The number of hydrogen-bond acceptors (Lipinski definition) is 8. The molecule has 0 saturated carbocycles. The van der Waals surface area contributed by atoms with Gasteiger partial charge in [0.05, 0.1) is 9.83 Å². The average Bonchev–Trinajstić information content (AvgIpc) is 2.98. The Morgan fingerprint density at radius 3 is 2.61 bits per heavy atom. The second kappa shape index (κ2) is 10.8. The smallest absolute Gasteiger partial charge is 0.315 e. The van der Waals surface area contributed by atoms with Crippen LogP contribution in [0.2, 0.25) is 0 Å². The predicted octanol–water partition coefficient (Wildman–Crippen LogP) is 3.47. The maximum Gasteiger partial charge on any atom is 0.315 e. The van der Waals surface area contributed by atoms with Crippen molar-refractivity contribution in [2.45, 2.75) is 39.0 Å². The van der Waals surface area contributed by atoms with Crippen LogP contribution in [0.15, 0.2) is 17.0 Å². The second-order valence-corrected chi connectivity index (χ2v) is 8.12. The van der Waals surface area contributed by atoms with Gasteiger partial charge in [-0.05, 0) is 48.7 Å². The summed E-state index contributed by atoms with van der Waals surface area (Å²) in [6, 6.07) is 2.08. The molecule has 0 aromatic heterocycles. The Kier molecular flexibility index (Phi) is 8.43. The normalized spacial score (nSPS) is 15.0. The van der Waals surface area contributed by atoms with Crippen molar-refractivity contribution >= 4 is 40.6 Å². The lowest BCUT2D eigenvalue weighted by Crippen LogP contribution is -2.31. The average molecular weight is 452 g/mol. The summed E-state index contributed by atoms with van der Waals surface area (Å²) >= 11 is 0.699. The van der Waals surface area contributed by atoms with Crippen LogP contribution in [0.3, 0.4) is 0 Å². The van der Waals surface area contributed by atoms with E-state index in [0.717, 1.165) is 29.9 Å². The lowest BCUT2D eigenvalue weighted by atomic mass is 10.1. The monoisotopic (exact) mass is 451 g/mol. The molecule has 168 valence electrons. The number of unbranched alkanes of at least 4 members (excludes halogenated alkanes) is 2. The van der Waals surface area contributed by atoms with Crippen LogP contribution in [-0.2, 0) is 9.59 Å². The largest absolute Gasteiger partial charge is 0.504 e. The fourth-order valence-electron chi connectivity index (χ4n) is 2.95. The number of carbonyl (C=O) groups excluding carboxylic acids is 3. The Hall–Kier alpha value is -3.08. The van der Waals surface area contributed by atoms with Gasteiger partial charge in [-0.15, -0.1) is 0 Å². The van der Waals surface area contributed by atoms with Crippen LogP contribution in [0.4, 0.5) is 10.5 Å². The summed E-state index contributed by atoms with van der Waals surface area (Å²) in [6.45, 7) is 2.74. The lowest BCUT2D eigenvalue weighted by Gasteiger charge is -2.18. The summed E-state index contributed by atoms with van der Waals surface area (Å²) in [6.07, 6.45) is 4.72. The summed E-state index contributed by atoms with van der Waals surface area (Å²) in [5.74, 6) is -2.02. The quantitative estimate of drug-likeness (QED) is 0.181. The van der Waals surface area contributed by atoms with Crippen molar-refractivity contribution in [3.63, 3.8) is 0 Å². The van der Waals surface area contributed by atoms with Crippen molar-refractivity contribution in [1.29, 1.82) is 0 Å². The number of nitro groups is 1. The minimum Gasteiger partial charge on any atom is -0.504 e. The van der Waals surface area contributed by atoms with E-state index in [9.17, 15) is 34.7 Å². The van der Waals surface area contributed by atoms with Crippen LogP contribution in [0, 0.1) is 10.1 Å². The molecular weight excluding hydrogens is 426 g/mol. The molecule has 0 atom stereocenters. The van der Waals surface area contributed by atoms with Crippen molar-refractivity contribution in [1.82, 2.24) is 9.80 Å². The van der Waals surface area contributed by atoms with Crippen molar-refractivity contribution < 1.29 is 29.5 Å². The summed E-state index contributed by atoms with van der Waals surface area (Å²) < 4.78 is 0. The third-order valence-corrected chi connectivity index (χ3v) is 5.66. The first-order valence-electron chi connectivity index (χ1n) is 9.85. The van der Waals surface area contributed by atoms with Gasteiger partial charge in [-0.3, -0.25) is 29.4 Å². The number of thioether (sulfide) groups is 1. The van der Waals surface area contributed by atoms with Gasteiger partial charge in [-0.1, -0.05) is 13.3 Å². The molecule has 11 heteroatoms. The van der Waals surface area contributed by atoms with Crippen LogP contribution in [-0.4, -0.2) is 62.1 Å². The van der Waals surface area contributed by atoms with E-state index < -0.39 is 33.3 Å². The molecule has 1 aliphatic heterocycles. The fourth-order valence-corrected chi connectivity index (χ4v) is 3.82. The second-order valence-electron chi connectivity index (χ2n) is 7.12. The van der Waals surface area contributed by atoms with Crippen LogP contribution in [0.5, 0.6) is 11.5 Å². The molecule has 1 heterocycles. The molecule has 1 saturated heterocycles. The van der Waals surface area contributed by atoms with Crippen LogP contribution >= 0.6 is 11.8 Å². The van der Waals surface area contributed by atoms with E-state index in [1.165, 1.54) is 6.08 Å². The number of nitro benzene ring substituents is 1. The van der Waals surface area contributed by atoms with Gasteiger partial charge in [0.25, 0.3) is 11.1 Å². The van der Waals surface area contributed by atoms with E-state index in [0.29, 0.717) is 37.6 Å². The van der Waals surface area contributed by atoms with Gasteiger partial charge in [0.1, 0.15) is 0 Å². The zero-order valence-electron chi connectivity index (χ0n) is 17.4. The number of aromatic hydroxyl groups is 2. The number of benzene rings is 1. The summed E-state index contributed by atoms with van der Waals surface area (Å²) in [5.41, 5.74) is -0.595. The zero-order chi connectivity index (χ0) is 23.1. The molecule has 0 bridgehead atoms. The van der Waals surface area contributed by atoms with Crippen LogP contribution < -0.4 is 0 Å². The summed E-state index contributed by atoms with van der Waals surface area (Å²) in [7, 11) is 1.73. The highest BCUT2D eigenvalue weighted by Crippen LogP contribution is 2.38. The molecule has 0 radical (unpaired) electrons. The standard InChI is InChI=1S/C20H25N3O7S/c1-3-4-7-17(25)21(2)8-5-6-9-22-19(27)16(31-20(22)28)12-13-10-14(23(29)30)18(26)15(24)11-13/h10-12,24,26H,3-9H2,1-2H3/b16-12-. The van der Waals surface area contributed by atoms with E-state index in [4.69, 9.17) is 0 Å². The summed E-state index contributed by atoms with van der Waals surface area (Å²) in [4.78, 5) is 49.6. The summed E-state index contributed by atoms with van der Waals surface area (Å²) in [5, 5.41) is 29.7. The van der Waals surface area contributed by atoms with Crippen molar-refractivity contribution in [2.75, 3.05) is 20.1 Å². The first kappa shape index (κ1) is 24.2. The van der Waals surface area contributed by atoms with Gasteiger partial charge in [-0.2, -0.15) is 0 Å². The van der Waals surface area contributed by atoms with Gasteiger partial charge in [0.15, 0.2) is 5.75 Å². The molecule has 0 aliphatic carbocycles.